The summed E-state index contributed by atoms with van der Waals surface area (Å²) in [5.74, 6) is 0. The Hall–Kier alpha value is -1.88. The number of likely N-dealkylation sites (tertiary alicyclic amines) is 1. The normalized spacial score (nSPS) is 17.5. The number of aromatic nitrogens is 1. The summed E-state index contributed by atoms with van der Waals surface area (Å²) in [6.07, 6.45) is 5.66. The third-order valence-electron chi connectivity index (χ3n) is 4.45. The van der Waals surface area contributed by atoms with Gasteiger partial charge in [-0.25, -0.2) is 4.79 Å². The van der Waals surface area contributed by atoms with Crippen molar-refractivity contribution in [3.8, 4) is 0 Å². The first-order valence-electron chi connectivity index (χ1n) is 8.27. The molecule has 2 rings (SSSR count). The quantitative estimate of drug-likeness (QED) is 0.850. The second-order valence-corrected chi connectivity index (χ2v) is 6.53. The summed E-state index contributed by atoms with van der Waals surface area (Å²) >= 11 is 0. The van der Waals surface area contributed by atoms with Crippen LogP contribution in [0, 0.1) is 0 Å². The predicted molar refractivity (Wildman–Crippen MR) is 93.2 cm³/mol. The number of hydrogen-bond acceptors (Lipinski definition) is 3. The number of urea groups is 1. The van der Waals surface area contributed by atoms with Crippen molar-refractivity contribution in [3.63, 3.8) is 0 Å². The molecule has 2 amide bonds. The molecule has 5 heteroatoms. The van der Waals surface area contributed by atoms with Crippen molar-refractivity contribution in [2.45, 2.75) is 38.8 Å². The molecule has 1 N–H and O–H groups in total. The molecule has 0 radical (unpaired) electrons. The molecule has 1 fully saturated rings. The minimum atomic E-state index is -0.00590. The van der Waals surface area contributed by atoms with Crippen molar-refractivity contribution < 1.29 is 4.79 Å². The highest BCUT2D eigenvalue weighted by Crippen LogP contribution is 2.23. The van der Waals surface area contributed by atoms with Crippen LogP contribution in [0.5, 0.6) is 0 Å². The molecule has 0 spiro atoms. The average molecular weight is 316 g/mol. The maximum atomic E-state index is 12.1. The highest BCUT2D eigenvalue weighted by Gasteiger charge is 2.25. The van der Waals surface area contributed by atoms with E-state index in [0.29, 0.717) is 12.6 Å². The molecule has 1 aromatic rings. The molecule has 1 aliphatic rings. The lowest BCUT2D eigenvalue weighted by Crippen LogP contribution is -2.48. The van der Waals surface area contributed by atoms with E-state index in [1.807, 2.05) is 26.4 Å². The van der Waals surface area contributed by atoms with E-state index < -0.39 is 0 Å². The number of nitrogens with one attached hydrogen (secondary N) is 1. The predicted octanol–water partition coefficient (Wildman–Crippen LogP) is 2.82. The summed E-state index contributed by atoms with van der Waals surface area (Å²) in [5, 5.41) is 3.13. The van der Waals surface area contributed by atoms with Gasteiger partial charge < -0.3 is 10.2 Å². The van der Waals surface area contributed by atoms with Gasteiger partial charge in [0.1, 0.15) is 0 Å². The minimum absolute atomic E-state index is 0.00590. The summed E-state index contributed by atoms with van der Waals surface area (Å²) in [5.41, 5.74) is 2.28. The Morgan fingerprint density at radius 2 is 2.04 bits per heavy atom. The number of amides is 2. The molecule has 0 aliphatic carbocycles. The van der Waals surface area contributed by atoms with Crippen molar-refractivity contribution in [3.05, 3.63) is 42.2 Å². The van der Waals surface area contributed by atoms with Gasteiger partial charge in [-0.15, -0.1) is 0 Å². The summed E-state index contributed by atoms with van der Waals surface area (Å²) in [4.78, 5) is 20.4. The van der Waals surface area contributed by atoms with E-state index in [-0.39, 0.29) is 12.1 Å². The Balaban J connectivity index is 1.80. The zero-order valence-corrected chi connectivity index (χ0v) is 14.5. The molecule has 0 bridgehead atoms. The first-order chi connectivity index (χ1) is 11.0. The van der Waals surface area contributed by atoms with Crippen LogP contribution in [-0.2, 0) is 0 Å². The number of piperidine rings is 1. The minimum Gasteiger partial charge on any atom is -0.335 e. The molecule has 23 heavy (non-hydrogen) atoms. The van der Waals surface area contributed by atoms with Crippen LogP contribution >= 0.6 is 0 Å². The Morgan fingerprint density at radius 3 is 2.61 bits per heavy atom. The van der Waals surface area contributed by atoms with Crippen LogP contribution in [0.1, 0.15) is 38.3 Å². The number of carbonyl (C=O) groups is 1. The van der Waals surface area contributed by atoms with Gasteiger partial charge in [0.15, 0.2) is 0 Å². The van der Waals surface area contributed by atoms with Gasteiger partial charge in [0, 0.05) is 51.2 Å². The van der Waals surface area contributed by atoms with Gasteiger partial charge in [-0.2, -0.15) is 0 Å². The SMILES string of the molecule is C=C(C)CN(C)C(=O)NC1CCN([C@@H](C)c2ccncc2)CC1. The van der Waals surface area contributed by atoms with Gasteiger partial charge in [-0.3, -0.25) is 9.88 Å². The van der Waals surface area contributed by atoms with Crippen LogP contribution in [0.4, 0.5) is 4.79 Å². The van der Waals surface area contributed by atoms with Gasteiger partial charge in [-0.05, 0) is 44.4 Å². The van der Waals surface area contributed by atoms with E-state index in [1.165, 1.54) is 5.56 Å². The molecule has 2 heterocycles. The van der Waals surface area contributed by atoms with E-state index in [4.69, 9.17) is 0 Å². The summed E-state index contributed by atoms with van der Waals surface area (Å²) < 4.78 is 0. The molecular weight excluding hydrogens is 288 g/mol. The third-order valence-corrected chi connectivity index (χ3v) is 4.45. The highest BCUT2D eigenvalue weighted by atomic mass is 16.2. The fourth-order valence-corrected chi connectivity index (χ4v) is 3.05. The fourth-order valence-electron chi connectivity index (χ4n) is 3.05. The first-order valence-corrected chi connectivity index (χ1v) is 8.27. The molecule has 0 aromatic carbocycles. The lowest BCUT2D eigenvalue weighted by Gasteiger charge is -2.37. The van der Waals surface area contributed by atoms with Crippen LogP contribution in [0.15, 0.2) is 36.7 Å². The largest absolute Gasteiger partial charge is 0.335 e. The lowest BCUT2D eigenvalue weighted by atomic mass is 10.0. The Labute approximate surface area is 139 Å². The number of carbonyl (C=O) groups excluding carboxylic acids is 1. The molecule has 0 saturated carbocycles. The fraction of sp³-hybridized carbons (Fsp3) is 0.556. The lowest BCUT2D eigenvalue weighted by molar-refractivity contribution is 0.148. The van der Waals surface area contributed by atoms with Crippen molar-refractivity contribution in [1.29, 1.82) is 0 Å². The number of nitrogens with zero attached hydrogens (tertiary/aromatic N) is 3. The first kappa shape index (κ1) is 17.5. The number of likely N-dealkylation sites (N-methyl/N-ethyl adjacent to an activating group) is 1. The van der Waals surface area contributed by atoms with E-state index >= 15 is 0 Å². The molecule has 1 atom stereocenters. The monoisotopic (exact) mass is 316 g/mol. The van der Waals surface area contributed by atoms with Crippen LogP contribution in [0.2, 0.25) is 0 Å². The Morgan fingerprint density at radius 1 is 1.43 bits per heavy atom. The van der Waals surface area contributed by atoms with Crippen LogP contribution in [-0.4, -0.2) is 53.5 Å². The summed E-state index contributed by atoms with van der Waals surface area (Å²) in [6.45, 7) is 10.6. The summed E-state index contributed by atoms with van der Waals surface area (Å²) in [7, 11) is 1.81. The number of pyridine rings is 1. The van der Waals surface area contributed by atoms with Crippen LogP contribution in [0.3, 0.4) is 0 Å². The molecule has 0 unspecified atom stereocenters. The number of rotatable bonds is 5. The van der Waals surface area contributed by atoms with Crippen molar-refractivity contribution >= 4 is 6.03 Å². The topological polar surface area (TPSA) is 48.5 Å². The third kappa shape index (κ3) is 5.06. The van der Waals surface area contributed by atoms with E-state index in [1.54, 1.807) is 4.90 Å². The van der Waals surface area contributed by atoms with Crippen molar-refractivity contribution in [2.24, 2.45) is 0 Å². The summed E-state index contributed by atoms with van der Waals surface area (Å²) in [6, 6.07) is 4.79. The molecule has 1 saturated heterocycles. The Kier molecular flexibility index (Phi) is 6.16. The van der Waals surface area contributed by atoms with E-state index in [9.17, 15) is 4.79 Å². The smallest absolute Gasteiger partial charge is 0.317 e. The van der Waals surface area contributed by atoms with Crippen LogP contribution < -0.4 is 5.32 Å². The van der Waals surface area contributed by atoms with Gasteiger partial charge in [0.2, 0.25) is 0 Å². The Bertz CT molecular complexity index is 523. The average Bonchev–Trinajstić information content (AvgIpc) is 2.55. The van der Waals surface area contributed by atoms with Crippen molar-refractivity contribution in [2.75, 3.05) is 26.7 Å². The maximum absolute atomic E-state index is 12.1. The maximum Gasteiger partial charge on any atom is 0.317 e. The standard InChI is InChI=1S/C18H28N4O/c1-14(2)13-21(4)18(23)20-17-7-11-22(12-8-17)15(3)16-5-9-19-10-6-16/h5-6,9-10,15,17H,1,7-8,11-13H2,2-4H3,(H,20,23)/t15-/m0/s1. The highest BCUT2D eigenvalue weighted by molar-refractivity contribution is 5.74. The van der Waals surface area contributed by atoms with E-state index in [0.717, 1.165) is 31.5 Å². The second kappa shape index (κ2) is 8.11. The molecule has 1 aliphatic heterocycles. The molecular formula is C18H28N4O. The zero-order valence-electron chi connectivity index (χ0n) is 14.5. The molecule has 1 aromatic heterocycles. The van der Waals surface area contributed by atoms with E-state index in [2.05, 4.69) is 40.8 Å². The van der Waals surface area contributed by atoms with Crippen LogP contribution in [0.25, 0.3) is 0 Å². The van der Waals surface area contributed by atoms with Gasteiger partial charge >= 0.3 is 6.03 Å². The van der Waals surface area contributed by atoms with Gasteiger partial charge in [0.05, 0.1) is 0 Å². The van der Waals surface area contributed by atoms with Crippen molar-refractivity contribution in [1.82, 2.24) is 20.1 Å². The van der Waals surface area contributed by atoms with Gasteiger partial charge in [0.25, 0.3) is 0 Å². The van der Waals surface area contributed by atoms with Gasteiger partial charge in [-0.1, -0.05) is 12.2 Å². The molecule has 5 nitrogen and oxygen atoms in total. The number of hydrogen-bond donors (Lipinski definition) is 1. The second-order valence-electron chi connectivity index (χ2n) is 6.53. The molecule has 126 valence electrons. The zero-order chi connectivity index (χ0) is 16.8.